The highest BCUT2D eigenvalue weighted by Gasteiger charge is 2.27. The first-order chi connectivity index (χ1) is 7.88. The van der Waals surface area contributed by atoms with E-state index >= 15 is 0 Å². The highest BCUT2D eigenvalue weighted by Crippen LogP contribution is 2.26. The summed E-state index contributed by atoms with van der Waals surface area (Å²) in [5, 5.41) is 8.83. The van der Waals surface area contributed by atoms with Gasteiger partial charge in [-0.1, -0.05) is 13.8 Å². The molecule has 0 aliphatic rings. The van der Waals surface area contributed by atoms with E-state index in [-0.39, 0.29) is 12.2 Å². The van der Waals surface area contributed by atoms with Crippen LogP contribution < -0.4 is 0 Å². The van der Waals surface area contributed by atoms with Crippen molar-refractivity contribution in [3.63, 3.8) is 0 Å². The lowest BCUT2D eigenvalue weighted by Crippen LogP contribution is -2.23. The van der Waals surface area contributed by atoms with Gasteiger partial charge in [0, 0.05) is 5.41 Å². The molecule has 2 N–H and O–H groups in total. The molecule has 0 bridgehead atoms. The number of carboxylic acid groups (broad SMARTS) is 1. The number of benzene rings is 1. The van der Waals surface area contributed by atoms with E-state index in [0.717, 1.165) is 0 Å². The van der Waals surface area contributed by atoms with Crippen molar-refractivity contribution in [2.45, 2.75) is 25.7 Å². The molecule has 17 heavy (non-hydrogen) atoms. The van der Waals surface area contributed by atoms with E-state index in [0.29, 0.717) is 16.9 Å². The van der Waals surface area contributed by atoms with E-state index in [1.54, 1.807) is 19.9 Å². The maximum atomic E-state index is 13.0. The van der Waals surface area contributed by atoms with E-state index in [1.165, 1.54) is 12.1 Å². The van der Waals surface area contributed by atoms with Crippen molar-refractivity contribution in [2.75, 3.05) is 0 Å². The predicted molar refractivity (Wildman–Crippen MR) is 61.3 cm³/mol. The van der Waals surface area contributed by atoms with Crippen LogP contribution in [0.5, 0.6) is 0 Å². The fraction of sp³-hybridized carbons (Fsp3) is 0.333. The van der Waals surface area contributed by atoms with Gasteiger partial charge in [-0.3, -0.25) is 4.79 Å². The van der Waals surface area contributed by atoms with Crippen molar-refractivity contribution >= 4 is 17.0 Å². The van der Waals surface area contributed by atoms with Gasteiger partial charge in [-0.25, -0.2) is 9.37 Å². The minimum Gasteiger partial charge on any atom is -0.481 e. The third kappa shape index (κ3) is 2.27. The molecule has 0 aliphatic carbocycles. The number of rotatable bonds is 3. The van der Waals surface area contributed by atoms with Crippen LogP contribution in [0.3, 0.4) is 0 Å². The topological polar surface area (TPSA) is 66.0 Å². The van der Waals surface area contributed by atoms with Crippen molar-refractivity contribution in [1.29, 1.82) is 0 Å². The number of aromatic amines is 1. The van der Waals surface area contributed by atoms with E-state index in [2.05, 4.69) is 9.97 Å². The van der Waals surface area contributed by atoms with E-state index in [9.17, 15) is 9.18 Å². The molecule has 2 aromatic rings. The van der Waals surface area contributed by atoms with Gasteiger partial charge in [-0.2, -0.15) is 0 Å². The highest BCUT2D eigenvalue weighted by molar-refractivity contribution is 5.75. The summed E-state index contributed by atoms with van der Waals surface area (Å²) in [7, 11) is 0. The Bertz CT molecular complexity index is 575. The van der Waals surface area contributed by atoms with Gasteiger partial charge >= 0.3 is 5.97 Å². The molecule has 0 fully saturated rings. The Balaban J connectivity index is 2.45. The fourth-order valence-corrected chi connectivity index (χ4v) is 1.76. The molecule has 4 nitrogen and oxygen atoms in total. The molecule has 0 radical (unpaired) electrons. The van der Waals surface area contributed by atoms with E-state index < -0.39 is 11.4 Å². The maximum Gasteiger partial charge on any atom is 0.304 e. The van der Waals surface area contributed by atoms with Crippen molar-refractivity contribution in [3.05, 3.63) is 29.8 Å². The number of aliphatic carboxylic acids is 1. The number of fused-ring (bicyclic) bond motifs is 1. The minimum absolute atomic E-state index is 0.0324. The van der Waals surface area contributed by atoms with Crippen molar-refractivity contribution in [2.24, 2.45) is 0 Å². The van der Waals surface area contributed by atoms with Crippen LogP contribution in [0.4, 0.5) is 4.39 Å². The molecule has 2 rings (SSSR count). The summed E-state index contributed by atoms with van der Waals surface area (Å²) < 4.78 is 13.0. The summed E-state index contributed by atoms with van der Waals surface area (Å²) in [6, 6.07) is 4.25. The zero-order valence-electron chi connectivity index (χ0n) is 9.62. The molecule has 90 valence electrons. The molecular formula is C12H13FN2O2. The van der Waals surface area contributed by atoms with Gasteiger partial charge in [0.2, 0.25) is 0 Å². The van der Waals surface area contributed by atoms with Gasteiger partial charge in [-0.05, 0) is 18.2 Å². The number of imidazole rings is 1. The number of hydrogen-bond donors (Lipinski definition) is 2. The van der Waals surface area contributed by atoms with Crippen molar-refractivity contribution in [3.8, 4) is 0 Å². The Hall–Kier alpha value is -1.91. The number of carbonyl (C=O) groups is 1. The number of hydrogen-bond acceptors (Lipinski definition) is 2. The van der Waals surface area contributed by atoms with Crippen molar-refractivity contribution in [1.82, 2.24) is 9.97 Å². The molecule has 0 saturated heterocycles. The summed E-state index contributed by atoms with van der Waals surface area (Å²) in [6.07, 6.45) is -0.0324. The van der Waals surface area contributed by atoms with Crippen LogP contribution in [-0.4, -0.2) is 21.0 Å². The first kappa shape index (κ1) is 11.6. The van der Waals surface area contributed by atoms with Crippen LogP contribution in [-0.2, 0) is 10.2 Å². The molecule has 0 atom stereocenters. The lowest BCUT2D eigenvalue weighted by molar-refractivity contribution is -0.138. The number of carboxylic acids is 1. The molecule has 5 heteroatoms. The third-order valence-corrected chi connectivity index (χ3v) is 2.68. The van der Waals surface area contributed by atoms with Crippen LogP contribution >= 0.6 is 0 Å². The molecule has 1 aromatic carbocycles. The molecule has 1 aromatic heterocycles. The maximum absolute atomic E-state index is 13.0. The highest BCUT2D eigenvalue weighted by atomic mass is 19.1. The van der Waals surface area contributed by atoms with Gasteiger partial charge in [0.1, 0.15) is 11.6 Å². The first-order valence-electron chi connectivity index (χ1n) is 5.26. The van der Waals surface area contributed by atoms with Crippen LogP contribution in [0.15, 0.2) is 18.2 Å². The first-order valence-corrected chi connectivity index (χ1v) is 5.26. The van der Waals surface area contributed by atoms with Crippen LogP contribution in [0.1, 0.15) is 26.1 Å². The third-order valence-electron chi connectivity index (χ3n) is 2.68. The Morgan fingerprint density at radius 3 is 2.88 bits per heavy atom. The number of H-pyrrole nitrogens is 1. The lowest BCUT2D eigenvalue weighted by atomic mass is 9.88. The smallest absolute Gasteiger partial charge is 0.304 e. The quantitative estimate of drug-likeness (QED) is 0.860. The number of aromatic nitrogens is 2. The summed E-state index contributed by atoms with van der Waals surface area (Å²) in [5.41, 5.74) is 0.611. The Morgan fingerprint density at radius 2 is 2.24 bits per heavy atom. The van der Waals surface area contributed by atoms with E-state index in [1.807, 2.05) is 0 Å². The Labute approximate surface area is 97.5 Å². The lowest BCUT2D eigenvalue weighted by Gasteiger charge is -2.18. The number of nitrogens with zero attached hydrogens (tertiary/aromatic N) is 1. The minimum atomic E-state index is -0.887. The second-order valence-electron chi connectivity index (χ2n) is 4.70. The summed E-state index contributed by atoms with van der Waals surface area (Å²) >= 11 is 0. The van der Waals surface area contributed by atoms with Crippen LogP contribution in [0.2, 0.25) is 0 Å². The van der Waals surface area contributed by atoms with Gasteiger partial charge in [-0.15, -0.1) is 0 Å². The molecule has 0 unspecified atom stereocenters. The second kappa shape index (κ2) is 3.84. The molecule has 0 amide bonds. The Morgan fingerprint density at radius 1 is 1.53 bits per heavy atom. The summed E-state index contributed by atoms with van der Waals surface area (Å²) in [5.74, 6) is -0.675. The predicted octanol–water partition coefficient (Wildman–Crippen LogP) is 2.45. The van der Waals surface area contributed by atoms with Crippen LogP contribution in [0, 0.1) is 5.82 Å². The normalized spacial score (nSPS) is 11.9. The van der Waals surface area contributed by atoms with Crippen LogP contribution in [0.25, 0.3) is 11.0 Å². The summed E-state index contributed by atoms with van der Waals surface area (Å²) in [6.45, 7) is 3.57. The van der Waals surface area contributed by atoms with E-state index in [4.69, 9.17) is 5.11 Å². The van der Waals surface area contributed by atoms with Gasteiger partial charge in [0.25, 0.3) is 0 Å². The molecule has 1 heterocycles. The second-order valence-corrected chi connectivity index (χ2v) is 4.70. The molecule has 0 spiro atoms. The number of halogens is 1. The van der Waals surface area contributed by atoms with Gasteiger partial charge < -0.3 is 10.1 Å². The fourth-order valence-electron chi connectivity index (χ4n) is 1.76. The standard InChI is InChI=1S/C12H13FN2O2/c1-12(2,6-10(16)17)11-14-8-4-3-7(13)5-9(8)15-11/h3-5H,6H2,1-2H3,(H,14,15)(H,16,17). The Kier molecular flexibility index (Phi) is 2.61. The monoisotopic (exact) mass is 236 g/mol. The molecule has 0 aliphatic heterocycles. The SMILES string of the molecule is CC(C)(CC(=O)O)c1nc2ccc(F)cc2[nH]1. The molecular weight excluding hydrogens is 223 g/mol. The van der Waals surface area contributed by atoms with Gasteiger partial charge in [0.05, 0.1) is 17.5 Å². The zero-order valence-corrected chi connectivity index (χ0v) is 9.62. The number of nitrogens with one attached hydrogen (secondary N) is 1. The molecule has 0 saturated carbocycles. The zero-order chi connectivity index (χ0) is 12.6. The largest absolute Gasteiger partial charge is 0.481 e. The summed E-state index contributed by atoms with van der Waals surface area (Å²) in [4.78, 5) is 18.0. The van der Waals surface area contributed by atoms with Gasteiger partial charge in [0.15, 0.2) is 0 Å². The average Bonchev–Trinajstić information content (AvgIpc) is 2.58. The average molecular weight is 236 g/mol. The van der Waals surface area contributed by atoms with Crippen molar-refractivity contribution < 1.29 is 14.3 Å².